The van der Waals surface area contributed by atoms with E-state index < -0.39 is 0 Å². The summed E-state index contributed by atoms with van der Waals surface area (Å²) in [5.74, 6) is 3.18. The van der Waals surface area contributed by atoms with Gasteiger partial charge < -0.3 is 26.0 Å². The molecule has 2 saturated carbocycles. The Kier molecular flexibility index (Phi) is 6.52. The maximum Gasteiger partial charge on any atom is 0.256 e. The fraction of sp³-hybridized carbons (Fsp3) is 0.593. The molecule has 4 fully saturated rings. The van der Waals surface area contributed by atoms with Crippen LogP contribution in [0.4, 0.5) is 11.8 Å². The average molecular weight is 511 g/mol. The molecule has 2 atom stereocenters. The highest BCUT2D eigenvalue weighted by Crippen LogP contribution is 2.51. The number of carbonyl (C=O) groups is 1. The Bertz CT molecular complexity index is 1120. The molecule has 2 aliphatic carbocycles. The number of rotatable bonds is 8. The third-order valence-corrected chi connectivity index (χ3v) is 9.04. The van der Waals surface area contributed by atoms with Gasteiger partial charge in [0.1, 0.15) is 11.4 Å². The van der Waals surface area contributed by atoms with Crippen LogP contribution in [0.2, 0.25) is 5.02 Å². The summed E-state index contributed by atoms with van der Waals surface area (Å²) in [7, 11) is 0. The van der Waals surface area contributed by atoms with Crippen LogP contribution >= 0.6 is 11.6 Å². The van der Waals surface area contributed by atoms with Crippen molar-refractivity contribution in [3.8, 4) is 0 Å². The zero-order valence-corrected chi connectivity index (χ0v) is 21.4. The van der Waals surface area contributed by atoms with Crippen LogP contribution in [0.25, 0.3) is 0 Å². The summed E-state index contributed by atoms with van der Waals surface area (Å²) in [5, 5.41) is 19.9. The molecule has 2 unspecified atom stereocenters. The van der Waals surface area contributed by atoms with Crippen molar-refractivity contribution in [1.29, 1.82) is 0 Å². The third kappa shape index (κ3) is 4.91. The van der Waals surface area contributed by atoms with Gasteiger partial charge in [0.05, 0.1) is 6.61 Å². The molecular weight excluding hydrogens is 476 g/mol. The second-order valence-electron chi connectivity index (χ2n) is 11.3. The minimum absolute atomic E-state index is 0.0943. The topological polar surface area (TPSA) is 102 Å². The van der Waals surface area contributed by atoms with Gasteiger partial charge in [-0.15, -0.1) is 0 Å². The first-order valence-corrected chi connectivity index (χ1v) is 13.6. The highest BCUT2D eigenvalue weighted by Gasteiger charge is 2.46. The molecule has 36 heavy (non-hydrogen) atoms. The highest BCUT2D eigenvalue weighted by molar-refractivity contribution is 6.31. The second-order valence-corrected chi connectivity index (χ2v) is 11.7. The lowest BCUT2D eigenvalue weighted by Crippen LogP contribution is -2.48. The van der Waals surface area contributed by atoms with Gasteiger partial charge >= 0.3 is 0 Å². The molecule has 6 rings (SSSR count). The summed E-state index contributed by atoms with van der Waals surface area (Å²) in [6.07, 6.45) is 7.89. The number of nitrogens with zero attached hydrogens (tertiary/aromatic N) is 3. The molecule has 4 aliphatic rings. The molecule has 0 bridgehead atoms. The fourth-order valence-electron chi connectivity index (χ4n) is 6.41. The summed E-state index contributed by atoms with van der Waals surface area (Å²) in [4.78, 5) is 24.8. The van der Waals surface area contributed by atoms with Gasteiger partial charge in [-0.2, -0.15) is 4.98 Å². The molecule has 1 aromatic carbocycles. The zero-order chi connectivity index (χ0) is 24.7. The maximum absolute atomic E-state index is 13.2. The molecule has 9 heteroatoms. The molecule has 1 spiro atoms. The maximum atomic E-state index is 13.2. The number of fused-ring (bicyclic) bond motifs is 1. The number of hydrogen-bond donors (Lipinski definition) is 4. The minimum atomic E-state index is -0.131. The lowest BCUT2D eigenvalue weighted by Gasteiger charge is -2.50. The predicted octanol–water partition coefficient (Wildman–Crippen LogP) is 3.20. The van der Waals surface area contributed by atoms with E-state index in [1.807, 2.05) is 18.2 Å². The number of aliphatic hydroxyl groups is 1. The van der Waals surface area contributed by atoms with E-state index in [-0.39, 0.29) is 12.5 Å². The summed E-state index contributed by atoms with van der Waals surface area (Å²) in [6, 6.07) is 5.58. The van der Waals surface area contributed by atoms with Crippen molar-refractivity contribution in [2.75, 3.05) is 42.9 Å². The summed E-state index contributed by atoms with van der Waals surface area (Å²) in [6.45, 7) is 5.28. The number of aromatic nitrogens is 2. The average Bonchev–Trinajstić information content (AvgIpc) is 3.49. The Hall–Kier alpha value is -2.42. The number of amides is 1. The van der Waals surface area contributed by atoms with Crippen molar-refractivity contribution < 1.29 is 9.90 Å². The van der Waals surface area contributed by atoms with Crippen LogP contribution in [0.5, 0.6) is 0 Å². The lowest BCUT2D eigenvalue weighted by molar-refractivity contribution is 0.0220. The smallest absolute Gasteiger partial charge is 0.256 e. The molecule has 2 aliphatic heterocycles. The second kappa shape index (κ2) is 9.80. The number of piperidine rings is 2. The number of benzene rings is 1. The first-order chi connectivity index (χ1) is 17.5. The third-order valence-electron chi connectivity index (χ3n) is 8.69. The van der Waals surface area contributed by atoms with Crippen molar-refractivity contribution in [2.45, 2.75) is 45.3 Å². The molecular formula is C27H35ClN6O2. The van der Waals surface area contributed by atoms with Crippen molar-refractivity contribution in [3.05, 3.63) is 46.1 Å². The van der Waals surface area contributed by atoms with Crippen LogP contribution in [-0.2, 0) is 13.2 Å². The summed E-state index contributed by atoms with van der Waals surface area (Å²) >= 11 is 6.28. The molecule has 3 heterocycles. The minimum Gasteiger partial charge on any atom is -0.392 e. The van der Waals surface area contributed by atoms with E-state index in [2.05, 4.69) is 25.8 Å². The SMILES string of the molecule is O=C(NCC1CC2(CCNCC2)C1)c1cnc(N2CC3CC3C2)nc1NCc1ccc(CO)c(Cl)c1. The number of carbonyl (C=O) groups excluding carboxylic acids is 1. The fourth-order valence-corrected chi connectivity index (χ4v) is 6.67. The van der Waals surface area contributed by atoms with Gasteiger partial charge in [-0.05, 0) is 85.6 Å². The Morgan fingerprint density at radius 2 is 2.00 bits per heavy atom. The van der Waals surface area contributed by atoms with Crippen LogP contribution in [0.1, 0.15) is 53.6 Å². The van der Waals surface area contributed by atoms with Gasteiger partial charge in [-0.1, -0.05) is 23.7 Å². The summed E-state index contributed by atoms with van der Waals surface area (Å²) in [5.41, 5.74) is 2.62. The largest absolute Gasteiger partial charge is 0.392 e. The van der Waals surface area contributed by atoms with Gasteiger partial charge in [0, 0.05) is 37.4 Å². The molecule has 8 nitrogen and oxygen atoms in total. The molecule has 2 saturated heterocycles. The molecule has 1 amide bonds. The van der Waals surface area contributed by atoms with Crippen LogP contribution in [0, 0.1) is 23.2 Å². The van der Waals surface area contributed by atoms with Crippen LogP contribution in [0.15, 0.2) is 24.4 Å². The zero-order valence-electron chi connectivity index (χ0n) is 20.6. The van der Waals surface area contributed by atoms with Gasteiger partial charge in [-0.25, -0.2) is 4.98 Å². The highest BCUT2D eigenvalue weighted by atomic mass is 35.5. The number of anilines is 2. The van der Waals surface area contributed by atoms with Crippen molar-refractivity contribution in [1.82, 2.24) is 20.6 Å². The normalized spacial score (nSPS) is 24.3. The lowest BCUT2D eigenvalue weighted by atomic mass is 9.58. The van der Waals surface area contributed by atoms with E-state index in [0.717, 1.165) is 43.6 Å². The first kappa shape index (κ1) is 23.9. The summed E-state index contributed by atoms with van der Waals surface area (Å²) < 4.78 is 0. The number of aliphatic hydroxyl groups excluding tert-OH is 1. The Morgan fingerprint density at radius 3 is 2.72 bits per heavy atom. The monoisotopic (exact) mass is 510 g/mol. The molecule has 2 aromatic rings. The number of hydrogen-bond acceptors (Lipinski definition) is 7. The van der Waals surface area contributed by atoms with Crippen molar-refractivity contribution in [2.24, 2.45) is 23.2 Å². The number of nitrogens with one attached hydrogen (secondary N) is 3. The van der Waals surface area contributed by atoms with E-state index in [1.165, 1.54) is 32.1 Å². The van der Waals surface area contributed by atoms with Crippen molar-refractivity contribution in [3.63, 3.8) is 0 Å². The van der Waals surface area contributed by atoms with Gasteiger partial charge in [-0.3, -0.25) is 4.79 Å². The Balaban J connectivity index is 1.13. The van der Waals surface area contributed by atoms with Gasteiger partial charge in [0.25, 0.3) is 5.91 Å². The molecule has 0 radical (unpaired) electrons. The van der Waals surface area contributed by atoms with Crippen LogP contribution < -0.4 is 20.9 Å². The van der Waals surface area contributed by atoms with E-state index in [9.17, 15) is 9.90 Å². The predicted molar refractivity (Wildman–Crippen MR) is 140 cm³/mol. The van der Waals surface area contributed by atoms with E-state index in [4.69, 9.17) is 16.6 Å². The first-order valence-electron chi connectivity index (χ1n) is 13.2. The number of halogens is 1. The van der Waals surface area contributed by atoms with Gasteiger partial charge in [0.15, 0.2) is 0 Å². The Labute approximate surface area is 217 Å². The van der Waals surface area contributed by atoms with E-state index >= 15 is 0 Å². The van der Waals surface area contributed by atoms with Crippen molar-refractivity contribution >= 4 is 29.3 Å². The van der Waals surface area contributed by atoms with E-state index in [0.29, 0.717) is 52.3 Å². The quantitative estimate of drug-likeness (QED) is 0.432. The molecule has 4 N–H and O–H groups in total. The van der Waals surface area contributed by atoms with Gasteiger partial charge in [0.2, 0.25) is 5.95 Å². The molecule has 1 aromatic heterocycles. The van der Waals surface area contributed by atoms with Crippen LogP contribution in [0.3, 0.4) is 0 Å². The molecule has 192 valence electrons. The van der Waals surface area contributed by atoms with E-state index in [1.54, 1.807) is 6.20 Å². The van der Waals surface area contributed by atoms with Crippen LogP contribution in [-0.4, -0.2) is 53.7 Å². The Morgan fingerprint density at radius 1 is 1.22 bits per heavy atom. The standard InChI is InChI=1S/C27H35ClN6O2/c28-23-7-17(1-2-19(23)16-35)11-30-24-22(13-32-26(33-24)34-14-20-8-21(20)15-34)25(36)31-12-18-9-27(10-18)3-5-29-6-4-27/h1-2,7,13,18,20-21,29,35H,3-6,8-12,14-16H2,(H,31,36)(H,30,32,33).